The fourth-order valence-corrected chi connectivity index (χ4v) is 1.58. The summed E-state index contributed by atoms with van der Waals surface area (Å²) in [5.41, 5.74) is 0.602. The molecule has 0 saturated heterocycles. The normalized spacial score (nSPS) is 18.5. The van der Waals surface area contributed by atoms with Crippen molar-refractivity contribution in [3.8, 4) is 0 Å². The summed E-state index contributed by atoms with van der Waals surface area (Å²) < 4.78 is 0. The molecule has 0 amide bonds. The molecule has 1 aliphatic carbocycles. The minimum Gasteiger partial charge on any atom is -0.298 e. The fourth-order valence-electron chi connectivity index (χ4n) is 1.58. The average Bonchev–Trinajstić information content (AvgIpc) is 2.84. The summed E-state index contributed by atoms with van der Waals surface area (Å²) in [5, 5.41) is 0. The molecule has 1 saturated carbocycles. The Balaban J connectivity index is 0.000000561. The molecule has 1 rings (SSSR count). The number of hydrogen-bond donors (Lipinski definition) is 0. The maximum atomic E-state index is 2.60. The highest BCUT2D eigenvalue weighted by Gasteiger charge is 2.41. The van der Waals surface area contributed by atoms with Gasteiger partial charge in [-0.05, 0) is 39.3 Å². The molecule has 0 aromatic carbocycles. The van der Waals surface area contributed by atoms with E-state index in [9.17, 15) is 0 Å². The van der Waals surface area contributed by atoms with Crippen LogP contribution < -0.4 is 0 Å². The van der Waals surface area contributed by atoms with Gasteiger partial charge in [0, 0.05) is 5.54 Å². The predicted octanol–water partition coefficient (Wildman–Crippen LogP) is 3.30. The highest BCUT2D eigenvalue weighted by Crippen LogP contribution is 2.40. The van der Waals surface area contributed by atoms with Crippen molar-refractivity contribution in [1.82, 2.24) is 4.90 Å². The summed E-state index contributed by atoms with van der Waals surface area (Å²) in [6.07, 6.45) is 4.13. The smallest absolute Gasteiger partial charge is 0.0182 e. The van der Waals surface area contributed by atoms with Gasteiger partial charge in [-0.2, -0.15) is 0 Å². The van der Waals surface area contributed by atoms with Crippen LogP contribution in [0.5, 0.6) is 0 Å². The van der Waals surface area contributed by atoms with Crippen LogP contribution in [0.15, 0.2) is 0 Å². The van der Waals surface area contributed by atoms with Crippen molar-refractivity contribution in [2.75, 3.05) is 13.1 Å². The molecule has 1 fully saturated rings. The highest BCUT2D eigenvalue weighted by molar-refractivity contribution is 4.98. The lowest BCUT2D eigenvalue weighted by Crippen LogP contribution is -2.35. The summed E-state index contributed by atoms with van der Waals surface area (Å²) >= 11 is 0. The van der Waals surface area contributed by atoms with E-state index < -0.39 is 0 Å². The molecule has 0 spiro atoms. The monoisotopic (exact) mass is 171 g/mol. The molecule has 0 N–H and O–H groups in total. The molecule has 74 valence electrons. The van der Waals surface area contributed by atoms with Gasteiger partial charge in [0.15, 0.2) is 0 Å². The number of rotatable bonds is 4. The van der Waals surface area contributed by atoms with Crippen molar-refractivity contribution < 1.29 is 0 Å². The lowest BCUT2D eigenvalue weighted by atomic mass is 10.2. The Morgan fingerprint density at radius 2 is 1.67 bits per heavy atom. The zero-order chi connectivity index (χ0) is 9.61. The summed E-state index contributed by atoms with van der Waals surface area (Å²) in [7, 11) is 0. The van der Waals surface area contributed by atoms with Gasteiger partial charge < -0.3 is 0 Å². The number of nitrogens with zero attached hydrogens (tertiary/aromatic N) is 1. The Labute approximate surface area is 78.1 Å². The third-order valence-corrected chi connectivity index (χ3v) is 2.61. The van der Waals surface area contributed by atoms with Gasteiger partial charge >= 0.3 is 0 Å². The Bertz CT molecular complexity index is 106. The van der Waals surface area contributed by atoms with Gasteiger partial charge in [0.2, 0.25) is 0 Å². The molecule has 0 atom stereocenters. The molecule has 0 heterocycles. The van der Waals surface area contributed by atoms with Crippen molar-refractivity contribution in [1.29, 1.82) is 0 Å². The fraction of sp³-hybridized carbons (Fsp3) is 1.00. The molecule has 12 heavy (non-hydrogen) atoms. The SMILES string of the molecule is CC.CCCN(CC)C1(C)CC1. The summed E-state index contributed by atoms with van der Waals surface area (Å²) in [5.74, 6) is 0. The topological polar surface area (TPSA) is 3.24 Å². The van der Waals surface area contributed by atoms with Gasteiger partial charge in [-0.15, -0.1) is 0 Å². The van der Waals surface area contributed by atoms with Crippen LogP contribution >= 0.6 is 0 Å². The molecule has 0 bridgehead atoms. The second-order valence-corrected chi connectivity index (χ2v) is 3.58. The van der Waals surface area contributed by atoms with Gasteiger partial charge in [0.25, 0.3) is 0 Å². The van der Waals surface area contributed by atoms with E-state index in [0.29, 0.717) is 5.54 Å². The first-order chi connectivity index (χ1) is 5.73. The second-order valence-electron chi connectivity index (χ2n) is 3.58. The van der Waals surface area contributed by atoms with Crippen molar-refractivity contribution in [3.05, 3.63) is 0 Å². The van der Waals surface area contributed by atoms with E-state index in [1.165, 1.54) is 32.4 Å². The van der Waals surface area contributed by atoms with Crippen molar-refractivity contribution in [3.63, 3.8) is 0 Å². The third-order valence-electron chi connectivity index (χ3n) is 2.61. The number of hydrogen-bond acceptors (Lipinski definition) is 1. The molecule has 0 aromatic heterocycles. The van der Waals surface area contributed by atoms with Crippen molar-refractivity contribution in [2.45, 2.75) is 59.4 Å². The van der Waals surface area contributed by atoms with E-state index >= 15 is 0 Å². The van der Waals surface area contributed by atoms with E-state index in [-0.39, 0.29) is 0 Å². The zero-order valence-corrected chi connectivity index (χ0v) is 9.48. The van der Waals surface area contributed by atoms with Gasteiger partial charge in [0.05, 0.1) is 0 Å². The van der Waals surface area contributed by atoms with Gasteiger partial charge in [-0.3, -0.25) is 4.90 Å². The summed E-state index contributed by atoms with van der Waals surface area (Å²) in [6.45, 7) is 13.4. The average molecular weight is 171 g/mol. The maximum absolute atomic E-state index is 2.60. The molecule has 1 heteroatoms. The van der Waals surface area contributed by atoms with E-state index in [1.54, 1.807) is 0 Å². The first-order valence-corrected chi connectivity index (χ1v) is 5.48. The molecular weight excluding hydrogens is 146 g/mol. The van der Waals surface area contributed by atoms with Crippen LogP contribution in [0, 0.1) is 0 Å². The first kappa shape index (κ1) is 12.0. The molecule has 0 aromatic rings. The van der Waals surface area contributed by atoms with Gasteiger partial charge in [-0.25, -0.2) is 0 Å². The second kappa shape index (κ2) is 5.58. The molecule has 1 aliphatic rings. The van der Waals surface area contributed by atoms with Crippen molar-refractivity contribution in [2.24, 2.45) is 0 Å². The molecule has 1 nitrogen and oxygen atoms in total. The van der Waals surface area contributed by atoms with E-state index in [0.717, 1.165) is 0 Å². The summed E-state index contributed by atoms with van der Waals surface area (Å²) in [6, 6.07) is 0. The van der Waals surface area contributed by atoms with Crippen LogP contribution in [0.4, 0.5) is 0 Å². The molecular formula is C11H25N. The minimum atomic E-state index is 0.602. The molecule has 0 unspecified atom stereocenters. The lowest BCUT2D eigenvalue weighted by molar-refractivity contribution is 0.202. The third kappa shape index (κ3) is 3.14. The van der Waals surface area contributed by atoms with E-state index in [2.05, 4.69) is 25.7 Å². The molecule has 0 radical (unpaired) electrons. The minimum absolute atomic E-state index is 0.602. The zero-order valence-electron chi connectivity index (χ0n) is 9.48. The Morgan fingerprint density at radius 1 is 1.17 bits per heavy atom. The summed E-state index contributed by atoms with van der Waals surface area (Å²) in [4.78, 5) is 2.60. The first-order valence-electron chi connectivity index (χ1n) is 5.48. The Hall–Kier alpha value is -0.0400. The van der Waals surface area contributed by atoms with Crippen LogP contribution in [0.3, 0.4) is 0 Å². The van der Waals surface area contributed by atoms with Gasteiger partial charge in [-0.1, -0.05) is 27.7 Å². The van der Waals surface area contributed by atoms with Crippen LogP contribution in [-0.2, 0) is 0 Å². The molecule has 0 aliphatic heterocycles. The van der Waals surface area contributed by atoms with Crippen LogP contribution in [0.1, 0.15) is 53.9 Å². The van der Waals surface area contributed by atoms with Crippen LogP contribution in [-0.4, -0.2) is 23.5 Å². The van der Waals surface area contributed by atoms with E-state index in [4.69, 9.17) is 0 Å². The van der Waals surface area contributed by atoms with Crippen LogP contribution in [0.2, 0.25) is 0 Å². The maximum Gasteiger partial charge on any atom is 0.0182 e. The standard InChI is InChI=1S/C9H19N.C2H6/c1-4-8-10(5-2)9(3)6-7-9;1-2/h4-8H2,1-3H3;1-2H3. The van der Waals surface area contributed by atoms with Gasteiger partial charge in [0.1, 0.15) is 0 Å². The largest absolute Gasteiger partial charge is 0.298 e. The van der Waals surface area contributed by atoms with E-state index in [1.807, 2.05) is 13.8 Å². The highest BCUT2D eigenvalue weighted by atomic mass is 15.2. The van der Waals surface area contributed by atoms with Crippen LogP contribution in [0.25, 0.3) is 0 Å². The Morgan fingerprint density at radius 3 is 1.92 bits per heavy atom. The Kier molecular flexibility index (Phi) is 5.56. The predicted molar refractivity (Wildman–Crippen MR) is 56.5 cm³/mol. The van der Waals surface area contributed by atoms with Crippen molar-refractivity contribution >= 4 is 0 Å². The quantitative estimate of drug-likeness (QED) is 0.627. The lowest BCUT2D eigenvalue weighted by Gasteiger charge is -2.26.